The number of hydrogen-bond acceptors (Lipinski definition) is 4. The number of nitrogens with zero attached hydrogens (tertiary/aromatic N) is 3. The molecule has 104 valence electrons. The number of amides is 1. The van der Waals surface area contributed by atoms with Gasteiger partial charge in [0.2, 0.25) is 0 Å². The Morgan fingerprint density at radius 1 is 1.29 bits per heavy atom. The van der Waals surface area contributed by atoms with Crippen molar-refractivity contribution in [3.05, 3.63) is 51.7 Å². The number of fused-ring (bicyclic) bond motifs is 2. The molecule has 0 bridgehead atoms. The number of para-hydroxylation sites is 1. The minimum atomic E-state index is -0.506. The van der Waals surface area contributed by atoms with Gasteiger partial charge in [-0.1, -0.05) is 6.07 Å². The molecule has 0 N–H and O–H groups in total. The van der Waals surface area contributed by atoms with Crippen LogP contribution < -0.4 is 4.90 Å². The van der Waals surface area contributed by atoms with Gasteiger partial charge in [0, 0.05) is 22.2 Å². The molecule has 0 fully saturated rings. The van der Waals surface area contributed by atoms with Crippen molar-refractivity contribution in [2.24, 2.45) is 0 Å². The van der Waals surface area contributed by atoms with Crippen LogP contribution in [-0.4, -0.2) is 21.1 Å². The molecule has 0 aliphatic carbocycles. The van der Waals surface area contributed by atoms with Gasteiger partial charge in [0.05, 0.1) is 23.5 Å². The fraction of sp³-hybridized carbons (Fsp3) is 0.0714. The quantitative estimate of drug-likeness (QED) is 0.659. The average Bonchev–Trinajstić information content (AvgIpc) is 3.09. The Morgan fingerprint density at radius 3 is 2.95 bits per heavy atom. The molecule has 0 unspecified atom stereocenters. The summed E-state index contributed by atoms with van der Waals surface area (Å²) in [5.74, 6) is -0.972. The second kappa shape index (κ2) is 4.51. The zero-order chi connectivity index (χ0) is 14.6. The Morgan fingerprint density at radius 2 is 2.14 bits per heavy atom. The lowest BCUT2D eigenvalue weighted by molar-refractivity contribution is -0.114. The second-order valence-electron chi connectivity index (χ2n) is 4.68. The van der Waals surface area contributed by atoms with Crippen molar-refractivity contribution >= 4 is 49.6 Å². The molecule has 1 aliphatic rings. The monoisotopic (exact) mass is 361 g/mol. The first-order valence-corrected chi connectivity index (χ1v) is 7.88. The van der Waals surface area contributed by atoms with E-state index in [-0.39, 0.29) is 6.54 Å². The van der Waals surface area contributed by atoms with Gasteiger partial charge in [0.1, 0.15) is 0 Å². The Balaban J connectivity index is 1.77. The maximum Gasteiger partial charge on any atom is 0.299 e. The number of hydrogen-bond donors (Lipinski definition) is 0. The number of carbonyl (C=O) groups is 2. The Hall–Kier alpha value is -1.99. The van der Waals surface area contributed by atoms with Gasteiger partial charge >= 0.3 is 0 Å². The third kappa shape index (κ3) is 1.85. The smallest absolute Gasteiger partial charge is 0.298 e. The Kier molecular flexibility index (Phi) is 2.73. The van der Waals surface area contributed by atoms with Crippen LogP contribution in [0.3, 0.4) is 0 Å². The highest BCUT2D eigenvalue weighted by Gasteiger charge is 2.37. The first kappa shape index (κ1) is 12.7. The van der Waals surface area contributed by atoms with Gasteiger partial charge in [0.15, 0.2) is 4.96 Å². The SMILES string of the molecule is O=C1C(=O)N(Cc2cn3ccsc3n2)c2c(Br)cccc21. The molecule has 5 nitrogen and oxygen atoms in total. The lowest BCUT2D eigenvalue weighted by Gasteiger charge is -2.16. The molecule has 0 saturated heterocycles. The highest BCUT2D eigenvalue weighted by molar-refractivity contribution is 9.10. The summed E-state index contributed by atoms with van der Waals surface area (Å²) in [7, 11) is 0. The fourth-order valence-electron chi connectivity index (χ4n) is 2.48. The number of carbonyl (C=O) groups excluding carboxylic acids is 2. The number of rotatable bonds is 2. The normalized spacial score (nSPS) is 14.2. The molecule has 2 aromatic heterocycles. The van der Waals surface area contributed by atoms with E-state index in [1.807, 2.05) is 28.2 Å². The van der Waals surface area contributed by atoms with Crippen LogP contribution in [0.15, 0.2) is 40.4 Å². The minimum absolute atomic E-state index is 0.286. The maximum absolute atomic E-state index is 12.2. The summed E-state index contributed by atoms with van der Waals surface area (Å²) in [6, 6.07) is 5.25. The van der Waals surface area contributed by atoms with Crippen molar-refractivity contribution in [2.75, 3.05) is 4.90 Å². The molecular weight excluding hydrogens is 354 g/mol. The number of anilines is 1. The van der Waals surface area contributed by atoms with Crippen LogP contribution in [0.5, 0.6) is 0 Å². The maximum atomic E-state index is 12.2. The van der Waals surface area contributed by atoms with Crippen molar-refractivity contribution in [1.82, 2.24) is 9.38 Å². The predicted molar refractivity (Wildman–Crippen MR) is 82.7 cm³/mol. The molecule has 7 heteroatoms. The summed E-state index contributed by atoms with van der Waals surface area (Å²) in [4.78, 5) is 31.0. The molecule has 1 aliphatic heterocycles. The number of halogens is 1. The molecule has 3 heterocycles. The molecule has 1 amide bonds. The van der Waals surface area contributed by atoms with E-state index < -0.39 is 11.7 Å². The van der Waals surface area contributed by atoms with E-state index in [2.05, 4.69) is 20.9 Å². The summed E-state index contributed by atoms with van der Waals surface area (Å²) in [5.41, 5.74) is 1.82. The third-order valence-electron chi connectivity index (χ3n) is 3.40. The second-order valence-corrected chi connectivity index (χ2v) is 6.41. The minimum Gasteiger partial charge on any atom is -0.298 e. The molecular formula is C14H8BrN3O2S. The molecule has 3 aromatic rings. The Labute approximate surface area is 132 Å². The van der Waals surface area contributed by atoms with Crippen molar-refractivity contribution in [3.63, 3.8) is 0 Å². The van der Waals surface area contributed by atoms with Crippen LogP contribution >= 0.6 is 27.3 Å². The molecule has 0 radical (unpaired) electrons. The van der Waals surface area contributed by atoms with Crippen LogP contribution in [-0.2, 0) is 11.3 Å². The van der Waals surface area contributed by atoms with Crippen LogP contribution in [0.2, 0.25) is 0 Å². The van der Waals surface area contributed by atoms with E-state index in [9.17, 15) is 9.59 Å². The molecule has 1 aromatic carbocycles. The molecule has 4 rings (SSSR count). The predicted octanol–water partition coefficient (Wildman–Crippen LogP) is 2.89. The lowest BCUT2D eigenvalue weighted by atomic mass is 10.1. The lowest BCUT2D eigenvalue weighted by Crippen LogP contribution is -2.29. The van der Waals surface area contributed by atoms with Crippen molar-refractivity contribution in [3.8, 4) is 0 Å². The first-order chi connectivity index (χ1) is 10.1. The largest absolute Gasteiger partial charge is 0.299 e. The van der Waals surface area contributed by atoms with E-state index in [1.165, 1.54) is 16.2 Å². The van der Waals surface area contributed by atoms with Crippen molar-refractivity contribution in [2.45, 2.75) is 6.54 Å². The topological polar surface area (TPSA) is 54.7 Å². The third-order valence-corrected chi connectivity index (χ3v) is 4.81. The van der Waals surface area contributed by atoms with E-state index in [0.29, 0.717) is 11.3 Å². The molecule has 0 atom stereocenters. The standard InChI is InChI=1S/C14H8BrN3O2S/c15-10-3-1-2-9-11(10)18(13(20)12(9)19)7-8-6-17-4-5-21-14(17)16-8/h1-6H,7H2. The van der Waals surface area contributed by atoms with Crippen LogP contribution in [0.25, 0.3) is 4.96 Å². The molecule has 0 saturated carbocycles. The van der Waals surface area contributed by atoms with Crippen LogP contribution in [0.4, 0.5) is 5.69 Å². The fourth-order valence-corrected chi connectivity index (χ4v) is 3.78. The van der Waals surface area contributed by atoms with Crippen molar-refractivity contribution in [1.29, 1.82) is 0 Å². The van der Waals surface area contributed by atoms with E-state index in [4.69, 9.17) is 0 Å². The summed E-state index contributed by atoms with van der Waals surface area (Å²) in [5, 5.41) is 1.95. The molecule has 0 spiro atoms. The van der Waals surface area contributed by atoms with Gasteiger partial charge in [-0.05, 0) is 28.1 Å². The van der Waals surface area contributed by atoms with Gasteiger partial charge in [-0.3, -0.25) is 18.9 Å². The number of imidazole rings is 1. The first-order valence-electron chi connectivity index (χ1n) is 6.21. The van der Waals surface area contributed by atoms with Gasteiger partial charge in [-0.25, -0.2) is 4.98 Å². The zero-order valence-electron chi connectivity index (χ0n) is 10.6. The highest BCUT2D eigenvalue weighted by Crippen LogP contribution is 2.36. The number of aromatic nitrogens is 2. The van der Waals surface area contributed by atoms with E-state index in [1.54, 1.807) is 12.1 Å². The van der Waals surface area contributed by atoms with Crippen molar-refractivity contribution < 1.29 is 9.59 Å². The van der Waals surface area contributed by atoms with Gasteiger partial charge in [-0.2, -0.15) is 0 Å². The summed E-state index contributed by atoms with van der Waals surface area (Å²) >= 11 is 4.94. The number of thiazole rings is 1. The summed E-state index contributed by atoms with van der Waals surface area (Å²) < 4.78 is 2.64. The molecule has 21 heavy (non-hydrogen) atoms. The number of benzene rings is 1. The summed E-state index contributed by atoms with van der Waals surface area (Å²) in [6.07, 6.45) is 3.79. The number of Topliss-reactive ketones (excluding diaryl/α,β-unsaturated/α-hetero) is 1. The van der Waals surface area contributed by atoms with Crippen LogP contribution in [0.1, 0.15) is 16.1 Å². The van der Waals surface area contributed by atoms with E-state index >= 15 is 0 Å². The highest BCUT2D eigenvalue weighted by atomic mass is 79.9. The van der Waals surface area contributed by atoms with Gasteiger partial charge in [-0.15, -0.1) is 11.3 Å². The average molecular weight is 362 g/mol. The number of ketones is 1. The summed E-state index contributed by atoms with van der Waals surface area (Å²) in [6.45, 7) is 0.286. The van der Waals surface area contributed by atoms with E-state index in [0.717, 1.165) is 15.1 Å². The zero-order valence-corrected chi connectivity index (χ0v) is 13.0. The van der Waals surface area contributed by atoms with Gasteiger partial charge < -0.3 is 0 Å². The Bertz CT molecular complexity index is 870. The van der Waals surface area contributed by atoms with Gasteiger partial charge in [0.25, 0.3) is 11.7 Å². The van der Waals surface area contributed by atoms with Crippen LogP contribution in [0, 0.1) is 0 Å².